The lowest BCUT2D eigenvalue weighted by Crippen LogP contribution is -2.45. The maximum Gasteiger partial charge on any atom is 0.154 e. The zero-order valence-corrected chi connectivity index (χ0v) is 14.4. The topological polar surface area (TPSA) is 78.0 Å². The van der Waals surface area contributed by atoms with Gasteiger partial charge in [0.1, 0.15) is 0 Å². The Morgan fingerprint density at radius 2 is 2.20 bits per heavy atom. The van der Waals surface area contributed by atoms with Crippen molar-refractivity contribution in [2.45, 2.75) is 50.3 Å². The van der Waals surface area contributed by atoms with Gasteiger partial charge in [0.05, 0.1) is 26.9 Å². The number of halogens is 1. The van der Waals surface area contributed by atoms with Crippen molar-refractivity contribution in [3.05, 3.63) is 15.9 Å². The third-order valence-electron chi connectivity index (χ3n) is 4.04. The van der Waals surface area contributed by atoms with E-state index in [2.05, 4.69) is 21.0 Å². The van der Waals surface area contributed by atoms with Crippen LogP contribution in [0.4, 0.5) is 0 Å². The molecule has 2 atom stereocenters. The van der Waals surface area contributed by atoms with Crippen LogP contribution in [0.3, 0.4) is 0 Å². The molecule has 0 aromatic carbocycles. The van der Waals surface area contributed by atoms with E-state index in [0.29, 0.717) is 12.8 Å². The minimum atomic E-state index is -3.04. The monoisotopic (exact) mass is 363 g/mol. The Hall–Kier alpha value is -0.400. The molecule has 2 rings (SSSR count). The highest BCUT2D eigenvalue weighted by Gasteiger charge is 2.34. The fourth-order valence-corrected chi connectivity index (χ4v) is 5.70. The number of nitrogens with zero attached hydrogens (tertiary/aromatic N) is 2. The summed E-state index contributed by atoms with van der Waals surface area (Å²) in [7, 11) is -1.16. The van der Waals surface area contributed by atoms with Crippen molar-refractivity contribution in [2.24, 2.45) is 12.8 Å². The van der Waals surface area contributed by atoms with Crippen LogP contribution in [0.25, 0.3) is 0 Å². The van der Waals surface area contributed by atoms with Crippen molar-refractivity contribution in [1.29, 1.82) is 0 Å². The van der Waals surface area contributed by atoms with Gasteiger partial charge in [0.15, 0.2) is 9.84 Å². The van der Waals surface area contributed by atoms with E-state index < -0.39 is 15.1 Å². The summed E-state index contributed by atoms with van der Waals surface area (Å²) in [6.07, 6.45) is 3.77. The number of rotatable bonds is 4. The highest BCUT2D eigenvalue weighted by molar-refractivity contribution is 9.10. The number of nitrogens with two attached hydrogens (primary N) is 1. The molecular formula is C13H22BrN3O2S. The minimum absolute atomic E-state index is 0.276. The van der Waals surface area contributed by atoms with Gasteiger partial charge >= 0.3 is 0 Å². The molecule has 0 spiro atoms. The summed E-state index contributed by atoms with van der Waals surface area (Å²) in [6.45, 7) is 2.04. The average Bonchev–Trinajstić information content (AvgIpc) is 2.65. The molecule has 1 aliphatic heterocycles. The van der Waals surface area contributed by atoms with E-state index in [4.69, 9.17) is 5.73 Å². The molecule has 1 saturated heterocycles. The number of aromatic nitrogens is 2. The second-order valence-corrected chi connectivity index (χ2v) is 8.59. The van der Waals surface area contributed by atoms with E-state index in [9.17, 15) is 8.42 Å². The van der Waals surface area contributed by atoms with Gasteiger partial charge in [0.25, 0.3) is 0 Å². The van der Waals surface area contributed by atoms with E-state index in [1.54, 1.807) is 4.68 Å². The third kappa shape index (κ3) is 3.09. The van der Waals surface area contributed by atoms with Crippen LogP contribution in [0.2, 0.25) is 0 Å². The second kappa shape index (κ2) is 6.15. The molecule has 7 heteroatoms. The van der Waals surface area contributed by atoms with Crippen LogP contribution < -0.4 is 5.73 Å². The van der Waals surface area contributed by atoms with Gasteiger partial charge in [-0.2, -0.15) is 5.10 Å². The van der Waals surface area contributed by atoms with E-state index in [1.807, 2.05) is 14.0 Å². The van der Waals surface area contributed by atoms with Gasteiger partial charge in [-0.3, -0.25) is 4.68 Å². The fourth-order valence-electron chi connectivity index (χ4n) is 2.86. The van der Waals surface area contributed by atoms with Gasteiger partial charge in [0, 0.05) is 19.5 Å². The van der Waals surface area contributed by atoms with Gasteiger partial charge in [-0.05, 0) is 35.2 Å². The molecule has 0 bridgehead atoms. The first-order valence-electron chi connectivity index (χ1n) is 7.04. The standard InChI is InChI=1S/C13H22BrN3O2S/c1-3-10-13(14)11(17(2)16-10)8-9(15)12-6-4-5-7-20(12,18)19/h9,12H,3-8,15H2,1-2H3. The Balaban J connectivity index is 2.19. The highest BCUT2D eigenvalue weighted by atomic mass is 79.9. The Labute approximate surface area is 129 Å². The van der Waals surface area contributed by atoms with E-state index >= 15 is 0 Å². The van der Waals surface area contributed by atoms with Gasteiger partial charge in [-0.15, -0.1) is 0 Å². The van der Waals surface area contributed by atoms with Crippen LogP contribution >= 0.6 is 15.9 Å². The minimum Gasteiger partial charge on any atom is -0.326 e. The highest BCUT2D eigenvalue weighted by Crippen LogP contribution is 2.27. The average molecular weight is 364 g/mol. The van der Waals surface area contributed by atoms with Crippen molar-refractivity contribution in [2.75, 3.05) is 5.75 Å². The number of hydrogen-bond acceptors (Lipinski definition) is 4. The number of sulfone groups is 1. The molecule has 5 nitrogen and oxygen atoms in total. The second-order valence-electron chi connectivity index (χ2n) is 5.45. The molecule has 1 aliphatic rings. The van der Waals surface area contributed by atoms with Gasteiger partial charge in [-0.1, -0.05) is 13.3 Å². The van der Waals surface area contributed by atoms with Crippen LogP contribution in [-0.2, 0) is 29.7 Å². The van der Waals surface area contributed by atoms with E-state index in [1.165, 1.54) is 0 Å². The zero-order chi connectivity index (χ0) is 14.9. The summed E-state index contributed by atoms with van der Waals surface area (Å²) in [5.41, 5.74) is 8.17. The molecule has 20 heavy (non-hydrogen) atoms. The summed E-state index contributed by atoms with van der Waals surface area (Å²) in [4.78, 5) is 0. The molecule has 1 aromatic rings. The molecule has 2 unspecified atom stereocenters. The van der Waals surface area contributed by atoms with Crippen molar-refractivity contribution < 1.29 is 8.42 Å². The molecule has 0 saturated carbocycles. The van der Waals surface area contributed by atoms with Crippen LogP contribution in [0.5, 0.6) is 0 Å². The van der Waals surface area contributed by atoms with Crippen LogP contribution in [0.15, 0.2) is 4.47 Å². The predicted octanol–water partition coefficient (Wildman–Crippen LogP) is 1.58. The van der Waals surface area contributed by atoms with Crippen LogP contribution in [-0.4, -0.2) is 35.2 Å². The lowest BCUT2D eigenvalue weighted by atomic mass is 10.0. The first kappa shape index (κ1) is 16.0. The largest absolute Gasteiger partial charge is 0.326 e. The lowest BCUT2D eigenvalue weighted by molar-refractivity contribution is 0.488. The molecule has 0 amide bonds. The van der Waals surface area contributed by atoms with Gasteiger partial charge in [-0.25, -0.2) is 8.42 Å². The smallest absolute Gasteiger partial charge is 0.154 e. The van der Waals surface area contributed by atoms with Crippen molar-refractivity contribution in [3.8, 4) is 0 Å². The number of aryl methyl sites for hydroxylation is 2. The van der Waals surface area contributed by atoms with E-state index in [0.717, 1.165) is 35.1 Å². The summed E-state index contributed by atoms with van der Waals surface area (Å²) in [5.74, 6) is 0.276. The van der Waals surface area contributed by atoms with Crippen molar-refractivity contribution in [1.82, 2.24) is 9.78 Å². The Kier molecular flexibility index (Phi) is 4.92. The number of hydrogen-bond donors (Lipinski definition) is 1. The quantitative estimate of drug-likeness (QED) is 0.880. The molecule has 2 heterocycles. The summed E-state index contributed by atoms with van der Waals surface area (Å²) in [5, 5.41) is 4.01. The molecule has 2 N–H and O–H groups in total. The zero-order valence-electron chi connectivity index (χ0n) is 12.0. The van der Waals surface area contributed by atoms with Crippen molar-refractivity contribution in [3.63, 3.8) is 0 Å². The molecule has 114 valence electrons. The summed E-state index contributed by atoms with van der Waals surface area (Å²) < 4.78 is 27.0. The van der Waals surface area contributed by atoms with Crippen molar-refractivity contribution >= 4 is 25.8 Å². The molecule has 1 aromatic heterocycles. The molecule has 0 radical (unpaired) electrons. The molecular weight excluding hydrogens is 342 g/mol. The third-order valence-corrected chi connectivity index (χ3v) is 7.32. The van der Waals surface area contributed by atoms with Gasteiger partial charge in [0.2, 0.25) is 0 Å². The predicted molar refractivity (Wildman–Crippen MR) is 83.4 cm³/mol. The normalized spacial score (nSPS) is 23.7. The van der Waals surface area contributed by atoms with Crippen LogP contribution in [0.1, 0.15) is 37.6 Å². The Bertz CT molecular complexity index is 583. The maximum absolute atomic E-state index is 12.1. The Morgan fingerprint density at radius 1 is 1.50 bits per heavy atom. The lowest BCUT2D eigenvalue weighted by Gasteiger charge is -2.27. The molecule has 0 aliphatic carbocycles. The SMILES string of the molecule is CCc1nn(C)c(CC(N)C2CCCCS2(=O)=O)c1Br. The Morgan fingerprint density at radius 3 is 2.75 bits per heavy atom. The molecule has 1 fully saturated rings. The maximum atomic E-state index is 12.1. The first-order chi connectivity index (χ1) is 9.36. The van der Waals surface area contributed by atoms with Crippen LogP contribution in [0, 0.1) is 0 Å². The fraction of sp³-hybridized carbons (Fsp3) is 0.769. The van der Waals surface area contributed by atoms with E-state index in [-0.39, 0.29) is 11.8 Å². The summed E-state index contributed by atoms with van der Waals surface area (Å²) in [6, 6.07) is -0.364. The summed E-state index contributed by atoms with van der Waals surface area (Å²) >= 11 is 3.55. The first-order valence-corrected chi connectivity index (χ1v) is 9.55. The van der Waals surface area contributed by atoms with Gasteiger partial charge < -0.3 is 5.73 Å².